The minimum Gasteiger partial charge on any atom is -0.293 e. The second kappa shape index (κ2) is 4.15. The molecule has 0 fully saturated rings. The van der Waals surface area contributed by atoms with Gasteiger partial charge in [0.25, 0.3) is 0 Å². The number of ketones is 1. The van der Waals surface area contributed by atoms with E-state index in [1.807, 2.05) is 49.4 Å². The van der Waals surface area contributed by atoms with Crippen molar-refractivity contribution in [3.05, 3.63) is 48.0 Å². The van der Waals surface area contributed by atoms with E-state index in [1.54, 1.807) is 0 Å². The van der Waals surface area contributed by atoms with E-state index < -0.39 is 0 Å². The van der Waals surface area contributed by atoms with Crippen LogP contribution in [0.25, 0.3) is 10.8 Å². The molecule has 1 unspecified atom stereocenters. The van der Waals surface area contributed by atoms with Gasteiger partial charge in [0.15, 0.2) is 5.78 Å². The molecular formula is C13H11BrO. The Morgan fingerprint density at radius 1 is 1.13 bits per heavy atom. The van der Waals surface area contributed by atoms with Crippen LogP contribution in [-0.2, 0) is 0 Å². The molecule has 2 aromatic carbocycles. The molecule has 0 radical (unpaired) electrons. The number of hydrogen-bond acceptors (Lipinski definition) is 1. The molecule has 1 nitrogen and oxygen atoms in total. The summed E-state index contributed by atoms with van der Waals surface area (Å²) in [5.74, 6) is 0.131. The first kappa shape index (κ1) is 10.4. The Labute approximate surface area is 97.2 Å². The summed E-state index contributed by atoms with van der Waals surface area (Å²) in [7, 11) is 0. The third kappa shape index (κ3) is 1.95. The van der Waals surface area contributed by atoms with Crippen molar-refractivity contribution < 1.29 is 4.79 Å². The van der Waals surface area contributed by atoms with Gasteiger partial charge < -0.3 is 0 Å². The zero-order chi connectivity index (χ0) is 10.8. The summed E-state index contributed by atoms with van der Waals surface area (Å²) in [5, 5.41) is 2.13. The molecule has 0 aliphatic heterocycles. The lowest BCUT2D eigenvalue weighted by atomic mass is 10.0. The number of fused-ring (bicyclic) bond motifs is 1. The normalized spacial score (nSPS) is 12.7. The molecule has 0 aliphatic rings. The highest BCUT2D eigenvalue weighted by Gasteiger charge is 2.13. The van der Waals surface area contributed by atoms with Crippen molar-refractivity contribution in [2.24, 2.45) is 0 Å². The number of benzene rings is 2. The van der Waals surface area contributed by atoms with Crippen molar-refractivity contribution in [1.29, 1.82) is 0 Å². The molecule has 15 heavy (non-hydrogen) atoms. The van der Waals surface area contributed by atoms with Gasteiger partial charge in [-0.2, -0.15) is 0 Å². The van der Waals surface area contributed by atoms with Crippen LogP contribution in [0.4, 0.5) is 0 Å². The van der Waals surface area contributed by atoms with Gasteiger partial charge in [0.1, 0.15) is 0 Å². The fourth-order valence-electron chi connectivity index (χ4n) is 1.65. The lowest BCUT2D eigenvalue weighted by Crippen LogP contribution is -2.10. The third-order valence-electron chi connectivity index (χ3n) is 2.42. The van der Waals surface area contributed by atoms with E-state index in [0.29, 0.717) is 0 Å². The molecule has 2 heteroatoms. The fraction of sp³-hybridized carbons (Fsp3) is 0.154. The van der Waals surface area contributed by atoms with Gasteiger partial charge in [0.2, 0.25) is 0 Å². The van der Waals surface area contributed by atoms with Crippen LogP contribution < -0.4 is 0 Å². The second-order valence-corrected chi connectivity index (χ2v) is 4.88. The van der Waals surface area contributed by atoms with Crippen LogP contribution in [0.15, 0.2) is 42.5 Å². The molecule has 0 saturated carbocycles. The standard InChI is InChI=1S/C13H11BrO/c1-9(14)13(15)12-8-4-6-10-5-2-3-7-11(10)12/h2-9H,1H3. The molecule has 0 saturated heterocycles. The molecule has 0 spiro atoms. The Hall–Kier alpha value is -1.15. The molecule has 0 heterocycles. The van der Waals surface area contributed by atoms with E-state index in [0.717, 1.165) is 16.3 Å². The number of alkyl halides is 1. The number of rotatable bonds is 2. The summed E-state index contributed by atoms with van der Waals surface area (Å²) in [5.41, 5.74) is 0.789. The first-order valence-electron chi connectivity index (χ1n) is 4.86. The second-order valence-electron chi connectivity index (χ2n) is 3.51. The third-order valence-corrected chi connectivity index (χ3v) is 2.83. The highest BCUT2D eigenvalue weighted by Crippen LogP contribution is 2.21. The first-order valence-corrected chi connectivity index (χ1v) is 5.78. The SMILES string of the molecule is CC(Br)C(=O)c1cccc2ccccc12. The van der Waals surface area contributed by atoms with Crippen LogP contribution in [0, 0.1) is 0 Å². The van der Waals surface area contributed by atoms with Crippen molar-refractivity contribution in [2.75, 3.05) is 0 Å². The van der Waals surface area contributed by atoms with Gasteiger partial charge in [-0.3, -0.25) is 4.79 Å². The van der Waals surface area contributed by atoms with E-state index in [4.69, 9.17) is 0 Å². The largest absolute Gasteiger partial charge is 0.293 e. The van der Waals surface area contributed by atoms with Crippen LogP contribution in [0.2, 0.25) is 0 Å². The summed E-state index contributed by atoms with van der Waals surface area (Å²) in [6, 6.07) is 13.8. The van der Waals surface area contributed by atoms with Crippen molar-refractivity contribution >= 4 is 32.5 Å². The zero-order valence-electron chi connectivity index (χ0n) is 8.41. The molecular weight excluding hydrogens is 252 g/mol. The molecule has 0 N–H and O–H groups in total. The van der Waals surface area contributed by atoms with E-state index in [2.05, 4.69) is 15.9 Å². The molecule has 0 aliphatic carbocycles. The van der Waals surface area contributed by atoms with Crippen LogP contribution in [0.5, 0.6) is 0 Å². The Balaban J connectivity index is 2.66. The van der Waals surface area contributed by atoms with Gasteiger partial charge in [0, 0.05) is 5.56 Å². The Kier molecular flexibility index (Phi) is 2.87. The van der Waals surface area contributed by atoms with Crippen LogP contribution in [-0.4, -0.2) is 10.6 Å². The maximum absolute atomic E-state index is 11.9. The van der Waals surface area contributed by atoms with Crippen LogP contribution >= 0.6 is 15.9 Å². The number of carbonyl (C=O) groups excluding carboxylic acids is 1. The van der Waals surface area contributed by atoms with Gasteiger partial charge in [0.05, 0.1) is 4.83 Å². The van der Waals surface area contributed by atoms with Gasteiger partial charge in [-0.1, -0.05) is 58.4 Å². The maximum Gasteiger partial charge on any atom is 0.176 e. The van der Waals surface area contributed by atoms with Gasteiger partial charge in [-0.25, -0.2) is 0 Å². The lowest BCUT2D eigenvalue weighted by molar-refractivity contribution is 0.0997. The molecule has 2 rings (SSSR count). The van der Waals surface area contributed by atoms with E-state index in [9.17, 15) is 4.79 Å². The highest BCUT2D eigenvalue weighted by atomic mass is 79.9. The number of Topliss-reactive ketones (excluding diaryl/α,β-unsaturated/α-hetero) is 1. The smallest absolute Gasteiger partial charge is 0.176 e. The van der Waals surface area contributed by atoms with E-state index >= 15 is 0 Å². The number of carbonyl (C=O) groups is 1. The summed E-state index contributed by atoms with van der Waals surface area (Å²) in [6.07, 6.45) is 0. The predicted molar refractivity (Wildman–Crippen MR) is 66.7 cm³/mol. The minimum atomic E-state index is -0.136. The zero-order valence-corrected chi connectivity index (χ0v) is 9.99. The van der Waals surface area contributed by atoms with Crippen molar-refractivity contribution in [2.45, 2.75) is 11.8 Å². The predicted octanol–water partition coefficient (Wildman–Crippen LogP) is 3.81. The fourth-order valence-corrected chi connectivity index (χ4v) is 1.90. The molecule has 0 bridgehead atoms. The lowest BCUT2D eigenvalue weighted by Gasteiger charge is -2.06. The monoisotopic (exact) mass is 262 g/mol. The first-order chi connectivity index (χ1) is 7.20. The number of hydrogen-bond donors (Lipinski definition) is 0. The Morgan fingerprint density at radius 3 is 2.53 bits per heavy atom. The summed E-state index contributed by atoms with van der Waals surface area (Å²) >= 11 is 3.31. The van der Waals surface area contributed by atoms with Crippen molar-refractivity contribution in [3.8, 4) is 0 Å². The maximum atomic E-state index is 11.9. The molecule has 76 valence electrons. The van der Waals surface area contributed by atoms with Crippen LogP contribution in [0.3, 0.4) is 0 Å². The quantitative estimate of drug-likeness (QED) is 0.594. The van der Waals surface area contributed by atoms with Crippen LogP contribution in [0.1, 0.15) is 17.3 Å². The summed E-state index contributed by atoms with van der Waals surface area (Å²) < 4.78 is 0. The molecule has 0 amide bonds. The van der Waals surface area contributed by atoms with Crippen molar-refractivity contribution in [3.63, 3.8) is 0 Å². The summed E-state index contributed by atoms with van der Waals surface area (Å²) in [6.45, 7) is 1.85. The Morgan fingerprint density at radius 2 is 1.80 bits per heavy atom. The molecule has 2 aromatic rings. The van der Waals surface area contributed by atoms with Gasteiger partial charge in [-0.15, -0.1) is 0 Å². The molecule has 0 aromatic heterocycles. The van der Waals surface area contributed by atoms with Gasteiger partial charge in [-0.05, 0) is 17.7 Å². The average Bonchev–Trinajstić information content (AvgIpc) is 2.27. The minimum absolute atomic E-state index is 0.131. The number of halogens is 1. The van der Waals surface area contributed by atoms with E-state index in [-0.39, 0.29) is 10.6 Å². The molecule has 1 atom stereocenters. The van der Waals surface area contributed by atoms with E-state index in [1.165, 1.54) is 0 Å². The van der Waals surface area contributed by atoms with Gasteiger partial charge >= 0.3 is 0 Å². The highest BCUT2D eigenvalue weighted by molar-refractivity contribution is 9.10. The van der Waals surface area contributed by atoms with Crippen molar-refractivity contribution in [1.82, 2.24) is 0 Å². The summed E-state index contributed by atoms with van der Waals surface area (Å²) in [4.78, 5) is 11.8. The topological polar surface area (TPSA) is 17.1 Å². The average molecular weight is 263 g/mol. The Bertz CT molecular complexity index is 497.